The van der Waals surface area contributed by atoms with E-state index < -0.39 is 0 Å². The second-order valence-corrected chi connectivity index (χ2v) is 4.51. The topological polar surface area (TPSA) is 58.8 Å². The first-order chi connectivity index (χ1) is 8.02. The van der Waals surface area contributed by atoms with Crippen molar-refractivity contribution in [2.45, 2.75) is 26.3 Å². The molecule has 0 aromatic heterocycles. The van der Waals surface area contributed by atoms with Gasteiger partial charge in [-0.15, -0.1) is 0 Å². The maximum Gasteiger partial charge on any atom is 0.236 e. The number of amides is 1. The van der Waals surface area contributed by atoms with Crippen LogP contribution in [0.1, 0.15) is 20.3 Å². The molecule has 0 aromatic carbocycles. The Bertz CT molecular complexity index is 202. The molecular formula is C12H27N3O2. The van der Waals surface area contributed by atoms with Gasteiger partial charge in [-0.1, -0.05) is 0 Å². The molecule has 0 radical (unpaired) electrons. The predicted molar refractivity (Wildman–Crippen MR) is 69.9 cm³/mol. The standard InChI is InChI=1S/C12H27N3O2/c1-11(2)14(3)12(16)10-15(7-5-6-13)8-9-17-4/h11H,5-10,13H2,1-4H3. The van der Waals surface area contributed by atoms with E-state index in [0.717, 1.165) is 19.5 Å². The number of rotatable bonds is 9. The average Bonchev–Trinajstić information content (AvgIpc) is 2.31. The van der Waals surface area contributed by atoms with Crippen LogP contribution in [0.15, 0.2) is 0 Å². The zero-order valence-corrected chi connectivity index (χ0v) is 11.6. The Labute approximate surface area is 105 Å². The maximum atomic E-state index is 11.9. The van der Waals surface area contributed by atoms with E-state index in [-0.39, 0.29) is 11.9 Å². The second-order valence-electron chi connectivity index (χ2n) is 4.51. The minimum absolute atomic E-state index is 0.146. The number of nitrogens with zero attached hydrogens (tertiary/aromatic N) is 2. The van der Waals surface area contributed by atoms with Gasteiger partial charge in [0.15, 0.2) is 0 Å². The van der Waals surface area contributed by atoms with Gasteiger partial charge in [-0.25, -0.2) is 0 Å². The highest BCUT2D eigenvalue weighted by Crippen LogP contribution is 1.98. The summed E-state index contributed by atoms with van der Waals surface area (Å²) in [6.07, 6.45) is 0.905. The molecule has 0 fully saturated rings. The van der Waals surface area contributed by atoms with Crippen LogP contribution in [0.5, 0.6) is 0 Å². The van der Waals surface area contributed by atoms with Gasteiger partial charge in [0.05, 0.1) is 13.2 Å². The Balaban J connectivity index is 4.15. The highest BCUT2D eigenvalue weighted by Gasteiger charge is 2.15. The van der Waals surface area contributed by atoms with Crippen molar-refractivity contribution < 1.29 is 9.53 Å². The molecule has 0 bridgehead atoms. The molecule has 0 heterocycles. The first-order valence-corrected chi connectivity index (χ1v) is 6.20. The number of hydrogen-bond acceptors (Lipinski definition) is 4. The van der Waals surface area contributed by atoms with Crippen LogP contribution in [0.3, 0.4) is 0 Å². The molecule has 17 heavy (non-hydrogen) atoms. The van der Waals surface area contributed by atoms with Crippen molar-refractivity contribution in [2.24, 2.45) is 5.73 Å². The molecule has 0 rings (SSSR count). The summed E-state index contributed by atoms with van der Waals surface area (Å²) >= 11 is 0. The summed E-state index contributed by atoms with van der Waals surface area (Å²) in [5.74, 6) is 0.146. The zero-order chi connectivity index (χ0) is 13.3. The molecule has 1 amide bonds. The molecule has 0 aliphatic carbocycles. The molecule has 0 atom stereocenters. The number of methoxy groups -OCH3 is 1. The maximum absolute atomic E-state index is 11.9. The minimum atomic E-state index is 0.146. The quantitative estimate of drug-likeness (QED) is 0.628. The van der Waals surface area contributed by atoms with Crippen molar-refractivity contribution in [3.8, 4) is 0 Å². The summed E-state index contributed by atoms with van der Waals surface area (Å²) in [4.78, 5) is 15.8. The van der Waals surface area contributed by atoms with Crippen molar-refractivity contribution in [3.63, 3.8) is 0 Å². The largest absolute Gasteiger partial charge is 0.383 e. The van der Waals surface area contributed by atoms with Crippen molar-refractivity contribution >= 4 is 5.91 Å². The molecule has 0 aliphatic heterocycles. The number of likely N-dealkylation sites (N-methyl/N-ethyl adjacent to an activating group) is 1. The van der Waals surface area contributed by atoms with E-state index in [1.54, 1.807) is 12.0 Å². The van der Waals surface area contributed by atoms with E-state index in [4.69, 9.17) is 10.5 Å². The third-order valence-corrected chi connectivity index (χ3v) is 2.82. The molecule has 102 valence electrons. The van der Waals surface area contributed by atoms with Crippen LogP contribution in [0.25, 0.3) is 0 Å². The van der Waals surface area contributed by atoms with Gasteiger partial charge >= 0.3 is 0 Å². The average molecular weight is 245 g/mol. The van der Waals surface area contributed by atoms with Gasteiger partial charge in [0.1, 0.15) is 0 Å². The van der Waals surface area contributed by atoms with Crippen molar-refractivity contribution in [2.75, 3.05) is 46.9 Å². The van der Waals surface area contributed by atoms with E-state index in [9.17, 15) is 4.79 Å². The molecule has 0 spiro atoms. The molecule has 0 unspecified atom stereocenters. The van der Waals surface area contributed by atoms with Crippen molar-refractivity contribution in [1.29, 1.82) is 0 Å². The summed E-state index contributed by atoms with van der Waals surface area (Å²) in [6.45, 7) is 7.37. The van der Waals surface area contributed by atoms with E-state index in [2.05, 4.69) is 4.90 Å². The number of ether oxygens (including phenoxy) is 1. The Morgan fingerprint density at radius 3 is 2.47 bits per heavy atom. The fourth-order valence-corrected chi connectivity index (χ4v) is 1.40. The third-order valence-electron chi connectivity index (χ3n) is 2.82. The fourth-order valence-electron chi connectivity index (χ4n) is 1.40. The Hall–Kier alpha value is -0.650. The first kappa shape index (κ1) is 16.4. The van der Waals surface area contributed by atoms with Crippen molar-refractivity contribution in [1.82, 2.24) is 9.80 Å². The van der Waals surface area contributed by atoms with Crippen LogP contribution in [0.4, 0.5) is 0 Å². The Kier molecular flexibility index (Phi) is 9.03. The van der Waals surface area contributed by atoms with Crippen LogP contribution < -0.4 is 5.73 Å². The molecule has 0 saturated heterocycles. The summed E-state index contributed by atoms with van der Waals surface area (Å²) in [5.41, 5.74) is 5.49. The molecule has 2 N–H and O–H groups in total. The van der Waals surface area contributed by atoms with Gasteiger partial charge in [0.2, 0.25) is 5.91 Å². The number of hydrogen-bond donors (Lipinski definition) is 1. The second kappa shape index (κ2) is 9.39. The predicted octanol–water partition coefficient (Wildman–Crippen LogP) is 0.150. The lowest BCUT2D eigenvalue weighted by molar-refractivity contribution is -0.132. The lowest BCUT2D eigenvalue weighted by Gasteiger charge is -2.26. The zero-order valence-electron chi connectivity index (χ0n) is 11.6. The van der Waals surface area contributed by atoms with Crippen LogP contribution in [-0.4, -0.2) is 68.7 Å². The van der Waals surface area contributed by atoms with Gasteiger partial charge in [-0.05, 0) is 33.4 Å². The van der Waals surface area contributed by atoms with Gasteiger partial charge in [0, 0.05) is 26.7 Å². The van der Waals surface area contributed by atoms with Crippen molar-refractivity contribution in [3.05, 3.63) is 0 Å². The smallest absolute Gasteiger partial charge is 0.236 e. The number of nitrogens with two attached hydrogens (primary N) is 1. The van der Waals surface area contributed by atoms with Crippen LogP contribution in [-0.2, 0) is 9.53 Å². The van der Waals surface area contributed by atoms with Crippen LogP contribution in [0.2, 0.25) is 0 Å². The SMILES string of the molecule is COCCN(CCCN)CC(=O)N(C)C(C)C. The molecule has 0 aromatic rings. The highest BCUT2D eigenvalue weighted by atomic mass is 16.5. The van der Waals surface area contributed by atoms with Gasteiger partial charge in [-0.3, -0.25) is 9.69 Å². The summed E-state index contributed by atoms with van der Waals surface area (Å²) in [7, 11) is 3.51. The third kappa shape index (κ3) is 7.31. The molecule has 0 saturated carbocycles. The lowest BCUT2D eigenvalue weighted by atomic mass is 10.3. The van der Waals surface area contributed by atoms with Gasteiger partial charge in [0.25, 0.3) is 0 Å². The summed E-state index contributed by atoms with van der Waals surface area (Å²) < 4.78 is 5.04. The number of carbonyl (C=O) groups is 1. The van der Waals surface area contributed by atoms with E-state index in [1.807, 2.05) is 20.9 Å². The molecule has 0 aliphatic rings. The van der Waals surface area contributed by atoms with Crippen LogP contribution in [0, 0.1) is 0 Å². The number of carbonyl (C=O) groups excluding carboxylic acids is 1. The fraction of sp³-hybridized carbons (Fsp3) is 0.917. The molecular weight excluding hydrogens is 218 g/mol. The monoisotopic (exact) mass is 245 g/mol. The Morgan fingerprint density at radius 2 is 2.00 bits per heavy atom. The molecule has 5 heteroatoms. The van der Waals surface area contributed by atoms with Gasteiger partial charge in [-0.2, -0.15) is 0 Å². The highest BCUT2D eigenvalue weighted by molar-refractivity contribution is 5.78. The summed E-state index contributed by atoms with van der Waals surface area (Å²) in [5, 5.41) is 0. The first-order valence-electron chi connectivity index (χ1n) is 6.20. The van der Waals surface area contributed by atoms with E-state index in [0.29, 0.717) is 19.7 Å². The molecule has 5 nitrogen and oxygen atoms in total. The minimum Gasteiger partial charge on any atom is -0.383 e. The summed E-state index contributed by atoms with van der Waals surface area (Å²) in [6, 6.07) is 0.237. The normalized spacial score (nSPS) is 11.2. The van der Waals surface area contributed by atoms with E-state index in [1.165, 1.54) is 0 Å². The van der Waals surface area contributed by atoms with Crippen LogP contribution >= 0.6 is 0 Å². The lowest BCUT2D eigenvalue weighted by Crippen LogP contribution is -2.43. The van der Waals surface area contributed by atoms with Gasteiger partial charge < -0.3 is 15.4 Å². The van der Waals surface area contributed by atoms with E-state index >= 15 is 0 Å². The Morgan fingerprint density at radius 1 is 1.35 bits per heavy atom.